The van der Waals surface area contributed by atoms with Crippen molar-refractivity contribution in [2.75, 3.05) is 13.1 Å². The van der Waals surface area contributed by atoms with E-state index in [0.29, 0.717) is 18.8 Å². The fourth-order valence-corrected chi connectivity index (χ4v) is 1.41. The third-order valence-corrected chi connectivity index (χ3v) is 2.57. The van der Waals surface area contributed by atoms with Crippen molar-refractivity contribution in [1.82, 2.24) is 4.90 Å². The number of carbonyl (C=O) groups excluding carboxylic acids is 1. The standard InChI is InChI=1S/C11H14BrNO2/c1-3-13(4-2)11(14)15-10-7-5-9(12)6-8-10/h5-8H,3-4H2,1-2H3. The highest BCUT2D eigenvalue weighted by atomic mass is 79.9. The molecule has 0 N–H and O–H groups in total. The Morgan fingerprint density at radius 3 is 2.27 bits per heavy atom. The SMILES string of the molecule is CCN(CC)C(=O)Oc1ccc(Br)cc1. The van der Waals surface area contributed by atoms with Gasteiger partial charge in [-0.25, -0.2) is 4.79 Å². The lowest BCUT2D eigenvalue weighted by molar-refractivity contribution is 0.157. The molecule has 0 unspecified atom stereocenters. The fraction of sp³-hybridized carbons (Fsp3) is 0.364. The van der Waals surface area contributed by atoms with E-state index in [1.807, 2.05) is 26.0 Å². The fourth-order valence-electron chi connectivity index (χ4n) is 1.15. The van der Waals surface area contributed by atoms with E-state index in [2.05, 4.69) is 15.9 Å². The Bertz CT molecular complexity index is 320. The molecule has 1 aromatic carbocycles. The van der Waals surface area contributed by atoms with Crippen LogP contribution in [0.2, 0.25) is 0 Å². The summed E-state index contributed by atoms with van der Waals surface area (Å²) in [5.41, 5.74) is 0. The predicted molar refractivity (Wildman–Crippen MR) is 63.1 cm³/mol. The summed E-state index contributed by atoms with van der Waals surface area (Å²) in [6.07, 6.45) is -0.303. The number of amides is 1. The van der Waals surface area contributed by atoms with E-state index in [0.717, 1.165) is 4.47 Å². The first kappa shape index (κ1) is 12.0. The molecule has 0 aliphatic rings. The molecular weight excluding hydrogens is 258 g/mol. The highest BCUT2D eigenvalue weighted by Gasteiger charge is 2.11. The van der Waals surface area contributed by atoms with E-state index in [4.69, 9.17) is 4.74 Å². The van der Waals surface area contributed by atoms with E-state index >= 15 is 0 Å². The summed E-state index contributed by atoms with van der Waals surface area (Å²) in [6.45, 7) is 5.16. The largest absolute Gasteiger partial charge is 0.415 e. The first-order valence-electron chi connectivity index (χ1n) is 4.89. The van der Waals surface area contributed by atoms with Crippen LogP contribution in [0.1, 0.15) is 13.8 Å². The first-order chi connectivity index (χ1) is 7.17. The monoisotopic (exact) mass is 271 g/mol. The number of nitrogens with zero attached hydrogens (tertiary/aromatic N) is 1. The molecule has 0 atom stereocenters. The lowest BCUT2D eigenvalue weighted by atomic mass is 10.3. The molecule has 0 aliphatic carbocycles. The Hall–Kier alpha value is -1.03. The summed E-state index contributed by atoms with van der Waals surface area (Å²) in [7, 11) is 0. The van der Waals surface area contributed by atoms with Crippen molar-refractivity contribution in [3.63, 3.8) is 0 Å². The van der Waals surface area contributed by atoms with E-state index < -0.39 is 0 Å². The Balaban J connectivity index is 2.61. The number of hydrogen-bond acceptors (Lipinski definition) is 2. The first-order valence-corrected chi connectivity index (χ1v) is 5.69. The molecule has 1 amide bonds. The van der Waals surface area contributed by atoms with Gasteiger partial charge in [0.25, 0.3) is 0 Å². The van der Waals surface area contributed by atoms with Crippen LogP contribution in [0.4, 0.5) is 4.79 Å². The molecule has 0 aromatic heterocycles. The highest BCUT2D eigenvalue weighted by Crippen LogP contribution is 2.16. The number of benzene rings is 1. The Morgan fingerprint density at radius 1 is 1.27 bits per heavy atom. The normalized spacial score (nSPS) is 9.80. The van der Waals surface area contributed by atoms with Gasteiger partial charge in [0, 0.05) is 17.6 Å². The van der Waals surface area contributed by atoms with Crippen LogP contribution in [-0.2, 0) is 0 Å². The van der Waals surface area contributed by atoms with Crippen LogP contribution in [0, 0.1) is 0 Å². The zero-order valence-electron chi connectivity index (χ0n) is 8.87. The van der Waals surface area contributed by atoms with Crippen LogP contribution in [0.5, 0.6) is 5.75 Å². The Morgan fingerprint density at radius 2 is 1.80 bits per heavy atom. The summed E-state index contributed by atoms with van der Waals surface area (Å²) >= 11 is 3.32. The molecule has 1 aromatic rings. The van der Waals surface area contributed by atoms with Gasteiger partial charge >= 0.3 is 6.09 Å². The number of halogens is 1. The lowest BCUT2D eigenvalue weighted by Crippen LogP contribution is -2.33. The summed E-state index contributed by atoms with van der Waals surface area (Å²) in [4.78, 5) is 13.2. The zero-order chi connectivity index (χ0) is 11.3. The molecule has 0 spiro atoms. The van der Waals surface area contributed by atoms with Crippen LogP contribution in [0.25, 0.3) is 0 Å². The van der Waals surface area contributed by atoms with Crippen molar-refractivity contribution in [1.29, 1.82) is 0 Å². The summed E-state index contributed by atoms with van der Waals surface area (Å²) < 4.78 is 6.14. The molecule has 4 heteroatoms. The summed E-state index contributed by atoms with van der Waals surface area (Å²) in [5, 5.41) is 0. The van der Waals surface area contributed by atoms with Crippen LogP contribution in [-0.4, -0.2) is 24.1 Å². The van der Waals surface area contributed by atoms with Crippen LogP contribution in [0.3, 0.4) is 0 Å². The average Bonchev–Trinajstić information content (AvgIpc) is 2.23. The molecule has 0 saturated heterocycles. The quantitative estimate of drug-likeness (QED) is 0.845. The van der Waals surface area contributed by atoms with Gasteiger partial charge in [-0.2, -0.15) is 0 Å². The molecule has 0 bridgehead atoms. The maximum absolute atomic E-state index is 11.6. The minimum absolute atomic E-state index is 0.303. The van der Waals surface area contributed by atoms with Gasteiger partial charge in [-0.3, -0.25) is 0 Å². The average molecular weight is 272 g/mol. The van der Waals surface area contributed by atoms with E-state index in [9.17, 15) is 4.79 Å². The number of rotatable bonds is 3. The predicted octanol–water partition coefficient (Wildman–Crippen LogP) is 3.29. The van der Waals surface area contributed by atoms with E-state index in [-0.39, 0.29) is 6.09 Å². The van der Waals surface area contributed by atoms with Crippen molar-refractivity contribution in [3.05, 3.63) is 28.7 Å². The molecule has 1 rings (SSSR count). The molecule has 0 radical (unpaired) electrons. The topological polar surface area (TPSA) is 29.5 Å². The molecule has 82 valence electrons. The van der Waals surface area contributed by atoms with Crippen molar-refractivity contribution in [3.8, 4) is 5.75 Å². The number of hydrogen-bond donors (Lipinski definition) is 0. The highest BCUT2D eigenvalue weighted by molar-refractivity contribution is 9.10. The maximum Gasteiger partial charge on any atom is 0.415 e. The molecule has 0 fully saturated rings. The lowest BCUT2D eigenvalue weighted by Gasteiger charge is -2.17. The van der Waals surface area contributed by atoms with Crippen molar-refractivity contribution in [2.45, 2.75) is 13.8 Å². The molecule has 0 saturated carbocycles. The summed E-state index contributed by atoms with van der Waals surface area (Å²) in [5.74, 6) is 0.565. The smallest absolute Gasteiger partial charge is 0.410 e. The van der Waals surface area contributed by atoms with Gasteiger partial charge in [-0.05, 0) is 38.1 Å². The van der Waals surface area contributed by atoms with Gasteiger partial charge in [-0.1, -0.05) is 15.9 Å². The van der Waals surface area contributed by atoms with Crippen molar-refractivity contribution >= 4 is 22.0 Å². The van der Waals surface area contributed by atoms with Crippen LogP contribution < -0.4 is 4.74 Å². The second kappa shape index (κ2) is 5.75. The third-order valence-electron chi connectivity index (χ3n) is 2.04. The Kier molecular flexibility index (Phi) is 4.62. The van der Waals surface area contributed by atoms with E-state index in [1.165, 1.54) is 0 Å². The van der Waals surface area contributed by atoms with Gasteiger partial charge in [0.15, 0.2) is 0 Å². The third kappa shape index (κ3) is 3.55. The van der Waals surface area contributed by atoms with E-state index in [1.54, 1.807) is 17.0 Å². The number of carbonyl (C=O) groups is 1. The van der Waals surface area contributed by atoms with Gasteiger partial charge in [0.05, 0.1) is 0 Å². The van der Waals surface area contributed by atoms with Crippen LogP contribution >= 0.6 is 15.9 Å². The molecule has 3 nitrogen and oxygen atoms in total. The molecule has 0 heterocycles. The molecule has 15 heavy (non-hydrogen) atoms. The second-order valence-corrected chi connectivity index (χ2v) is 3.91. The number of ether oxygens (including phenoxy) is 1. The molecular formula is C11H14BrNO2. The van der Waals surface area contributed by atoms with Gasteiger partial charge in [0.1, 0.15) is 5.75 Å². The van der Waals surface area contributed by atoms with Gasteiger partial charge in [-0.15, -0.1) is 0 Å². The van der Waals surface area contributed by atoms with Crippen LogP contribution in [0.15, 0.2) is 28.7 Å². The summed E-state index contributed by atoms with van der Waals surface area (Å²) in [6, 6.07) is 7.19. The minimum Gasteiger partial charge on any atom is -0.410 e. The van der Waals surface area contributed by atoms with Crippen molar-refractivity contribution < 1.29 is 9.53 Å². The second-order valence-electron chi connectivity index (χ2n) is 2.99. The Labute approximate surface area is 98.2 Å². The van der Waals surface area contributed by atoms with Crippen molar-refractivity contribution in [2.24, 2.45) is 0 Å². The van der Waals surface area contributed by atoms with Gasteiger partial charge in [0.2, 0.25) is 0 Å². The minimum atomic E-state index is -0.303. The maximum atomic E-state index is 11.6. The molecule has 0 aliphatic heterocycles. The van der Waals surface area contributed by atoms with Gasteiger partial charge < -0.3 is 9.64 Å². The zero-order valence-corrected chi connectivity index (χ0v) is 10.5.